The second-order valence-electron chi connectivity index (χ2n) is 6.12. The highest BCUT2D eigenvalue weighted by Gasteiger charge is 2.36. The van der Waals surface area contributed by atoms with Gasteiger partial charge in [0.15, 0.2) is 0 Å². The third kappa shape index (κ3) is 2.62. The molecule has 1 saturated heterocycles. The highest BCUT2D eigenvalue weighted by Crippen LogP contribution is 2.33. The Balaban J connectivity index is 1.82. The highest BCUT2D eigenvalue weighted by atomic mass is 19.1. The van der Waals surface area contributed by atoms with Crippen molar-refractivity contribution >= 4 is 5.69 Å². The molecule has 0 aromatic heterocycles. The fourth-order valence-electron chi connectivity index (χ4n) is 3.65. The first-order valence-corrected chi connectivity index (χ1v) is 7.45. The molecule has 19 heavy (non-hydrogen) atoms. The van der Waals surface area contributed by atoms with Crippen LogP contribution in [0.1, 0.15) is 37.7 Å². The Morgan fingerprint density at radius 2 is 2.00 bits per heavy atom. The normalized spacial score (nSPS) is 22.7. The van der Waals surface area contributed by atoms with Crippen LogP contribution in [0.25, 0.3) is 0 Å². The van der Waals surface area contributed by atoms with E-state index in [-0.39, 0.29) is 11.4 Å². The maximum absolute atomic E-state index is 13.5. The number of halogens is 1. The molecule has 1 aliphatic heterocycles. The van der Waals surface area contributed by atoms with E-state index in [4.69, 9.17) is 0 Å². The van der Waals surface area contributed by atoms with Crippen molar-refractivity contribution < 1.29 is 4.39 Å². The van der Waals surface area contributed by atoms with Gasteiger partial charge < -0.3 is 10.2 Å². The van der Waals surface area contributed by atoms with E-state index in [1.807, 2.05) is 6.07 Å². The lowest BCUT2D eigenvalue weighted by molar-refractivity contribution is 0.216. The summed E-state index contributed by atoms with van der Waals surface area (Å²) in [5.41, 5.74) is 2.52. The summed E-state index contributed by atoms with van der Waals surface area (Å²) in [5, 5.41) is 3.73. The molecular weight excluding hydrogens is 239 g/mol. The highest BCUT2D eigenvalue weighted by molar-refractivity contribution is 5.54. The van der Waals surface area contributed by atoms with Crippen LogP contribution in [-0.2, 0) is 0 Å². The first kappa shape index (κ1) is 12.9. The van der Waals surface area contributed by atoms with E-state index in [1.165, 1.54) is 37.7 Å². The standard InChI is InChI=1S/C16H23FN2/c1-13-5-6-14(17)11-15(13)19-10-9-18-16(12-19)7-3-2-4-8-16/h5-6,11,18H,2-4,7-10,12H2,1H3. The molecule has 0 atom stereocenters. The van der Waals surface area contributed by atoms with E-state index in [0.29, 0.717) is 0 Å². The van der Waals surface area contributed by atoms with Gasteiger partial charge >= 0.3 is 0 Å². The summed E-state index contributed by atoms with van der Waals surface area (Å²) in [6.45, 7) is 5.09. The molecule has 2 aliphatic rings. The number of benzene rings is 1. The van der Waals surface area contributed by atoms with Crippen LogP contribution in [0.3, 0.4) is 0 Å². The zero-order chi connectivity index (χ0) is 13.3. The Labute approximate surface area is 115 Å². The van der Waals surface area contributed by atoms with Crippen LogP contribution in [0.2, 0.25) is 0 Å². The van der Waals surface area contributed by atoms with Crippen LogP contribution in [0.5, 0.6) is 0 Å². The molecule has 0 unspecified atom stereocenters. The second kappa shape index (κ2) is 5.12. The Morgan fingerprint density at radius 1 is 1.21 bits per heavy atom. The summed E-state index contributed by atoms with van der Waals surface area (Å²) in [5.74, 6) is -0.128. The van der Waals surface area contributed by atoms with Gasteiger partial charge in [0.1, 0.15) is 5.82 Å². The van der Waals surface area contributed by atoms with Gasteiger partial charge in [-0.2, -0.15) is 0 Å². The van der Waals surface area contributed by atoms with Gasteiger partial charge in [0.05, 0.1) is 0 Å². The van der Waals surface area contributed by atoms with E-state index < -0.39 is 0 Å². The number of aryl methyl sites for hydroxylation is 1. The number of rotatable bonds is 1. The van der Waals surface area contributed by atoms with E-state index in [0.717, 1.165) is 25.3 Å². The lowest BCUT2D eigenvalue weighted by Crippen LogP contribution is -2.61. The van der Waals surface area contributed by atoms with Crippen LogP contribution in [-0.4, -0.2) is 25.2 Å². The number of anilines is 1. The zero-order valence-electron chi connectivity index (χ0n) is 11.7. The second-order valence-corrected chi connectivity index (χ2v) is 6.12. The minimum atomic E-state index is -0.128. The summed E-state index contributed by atoms with van der Waals surface area (Å²) in [4.78, 5) is 2.38. The molecule has 3 rings (SSSR count). The summed E-state index contributed by atoms with van der Waals surface area (Å²) in [6, 6.07) is 5.13. The molecule has 1 heterocycles. The topological polar surface area (TPSA) is 15.3 Å². The predicted molar refractivity (Wildman–Crippen MR) is 77.2 cm³/mol. The van der Waals surface area contributed by atoms with E-state index in [2.05, 4.69) is 17.1 Å². The van der Waals surface area contributed by atoms with Gasteiger partial charge in [0.25, 0.3) is 0 Å². The summed E-state index contributed by atoms with van der Waals surface area (Å²) >= 11 is 0. The third-order valence-corrected chi connectivity index (χ3v) is 4.70. The number of hydrogen-bond acceptors (Lipinski definition) is 2. The molecule has 0 amide bonds. The summed E-state index contributed by atoms with van der Waals surface area (Å²) in [7, 11) is 0. The minimum absolute atomic E-state index is 0.128. The molecule has 1 spiro atoms. The molecule has 1 N–H and O–H groups in total. The Kier molecular flexibility index (Phi) is 3.48. The van der Waals surface area contributed by atoms with E-state index in [9.17, 15) is 4.39 Å². The third-order valence-electron chi connectivity index (χ3n) is 4.70. The van der Waals surface area contributed by atoms with Gasteiger partial charge in [-0.25, -0.2) is 4.39 Å². The maximum Gasteiger partial charge on any atom is 0.125 e. The van der Waals surface area contributed by atoms with Crippen LogP contribution < -0.4 is 10.2 Å². The smallest absolute Gasteiger partial charge is 0.125 e. The van der Waals surface area contributed by atoms with E-state index in [1.54, 1.807) is 12.1 Å². The van der Waals surface area contributed by atoms with Gasteiger partial charge in [-0.15, -0.1) is 0 Å². The van der Waals surface area contributed by atoms with Crippen LogP contribution in [0.4, 0.5) is 10.1 Å². The van der Waals surface area contributed by atoms with Crippen LogP contribution >= 0.6 is 0 Å². The van der Waals surface area contributed by atoms with Crippen molar-refractivity contribution in [3.8, 4) is 0 Å². The van der Waals surface area contributed by atoms with Crippen molar-refractivity contribution in [1.82, 2.24) is 5.32 Å². The van der Waals surface area contributed by atoms with Crippen LogP contribution in [0.15, 0.2) is 18.2 Å². The molecule has 0 bridgehead atoms. The molecule has 3 heteroatoms. The number of hydrogen-bond donors (Lipinski definition) is 1. The van der Waals surface area contributed by atoms with Crippen molar-refractivity contribution in [2.24, 2.45) is 0 Å². The van der Waals surface area contributed by atoms with E-state index >= 15 is 0 Å². The summed E-state index contributed by atoms with van der Waals surface area (Å²) < 4.78 is 13.5. The van der Waals surface area contributed by atoms with Crippen molar-refractivity contribution in [1.29, 1.82) is 0 Å². The molecule has 104 valence electrons. The fourth-order valence-corrected chi connectivity index (χ4v) is 3.65. The molecule has 2 nitrogen and oxygen atoms in total. The zero-order valence-corrected chi connectivity index (χ0v) is 11.7. The number of nitrogens with zero attached hydrogens (tertiary/aromatic N) is 1. The first-order valence-electron chi connectivity index (χ1n) is 7.45. The van der Waals surface area contributed by atoms with Crippen molar-refractivity contribution in [2.45, 2.75) is 44.6 Å². The Bertz CT molecular complexity index is 447. The molecule has 1 aromatic carbocycles. The summed E-state index contributed by atoms with van der Waals surface area (Å²) in [6.07, 6.45) is 6.53. The van der Waals surface area contributed by atoms with Gasteiger partial charge in [0.2, 0.25) is 0 Å². The monoisotopic (exact) mass is 262 g/mol. The Morgan fingerprint density at radius 3 is 2.79 bits per heavy atom. The van der Waals surface area contributed by atoms with Gasteiger partial charge in [-0.1, -0.05) is 25.3 Å². The SMILES string of the molecule is Cc1ccc(F)cc1N1CCNC2(CCCCC2)C1. The van der Waals surface area contributed by atoms with Crippen LogP contribution in [0, 0.1) is 12.7 Å². The molecule has 1 aliphatic carbocycles. The molecule has 0 radical (unpaired) electrons. The number of piperazine rings is 1. The molecular formula is C16H23FN2. The van der Waals surface area contributed by atoms with Gasteiger partial charge in [-0.05, 0) is 37.5 Å². The van der Waals surface area contributed by atoms with Crippen molar-refractivity contribution in [3.05, 3.63) is 29.6 Å². The van der Waals surface area contributed by atoms with Crippen molar-refractivity contribution in [2.75, 3.05) is 24.5 Å². The molecule has 1 aromatic rings. The quantitative estimate of drug-likeness (QED) is 0.836. The van der Waals surface area contributed by atoms with Gasteiger partial charge in [-0.3, -0.25) is 0 Å². The molecule has 2 fully saturated rings. The largest absolute Gasteiger partial charge is 0.368 e. The average Bonchev–Trinajstić information content (AvgIpc) is 2.42. The maximum atomic E-state index is 13.5. The number of nitrogens with one attached hydrogen (secondary N) is 1. The predicted octanol–water partition coefficient (Wildman–Crippen LogP) is 3.25. The minimum Gasteiger partial charge on any atom is -0.368 e. The first-order chi connectivity index (χ1) is 9.19. The Hall–Kier alpha value is -1.09. The lowest BCUT2D eigenvalue weighted by atomic mass is 9.80. The lowest BCUT2D eigenvalue weighted by Gasteiger charge is -2.47. The van der Waals surface area contributed by atoms with Gasteiger partial charge in [0, 0.05) is 30.9 Å². The van der Waals surface area contributed by atoms with Crippen molar-refractivity contribution in [3.63, 3.8) is 0 Å². The molecule has 1 saturated carbocycles. The average molecular weight is 262 g/mol. The fraction of sp³-hybridized carbons (Fsp3) is 0.625.